The molecule has 5 aromatic rings. The first-order valence-corrected chi connectivity index (χ1v) is 12.2. The van der Waals surface area contributed by atoms with E-state index in [1.54, 1.807) is 0 Å². The molecule has 0 saturated heterocycles. The molecule has 1 heterocycles. The zero-order valence-electron chi connectivity index (χ0n) is 19.9. The Morgan fingerprint density at radius 2 is 1.66 bits per heavy atom. The van der Waals surface area contributed by atoms with Crippen LogP contribution >= 0.6 is 0 Å². The van der Waals surface area contributed by atoms with Crippen molar-refractivity contribution < 1.29 is 14.3 Å². The van der Waals surface area contributed by atoms with E-state index in [1.807, 2.05) is 85.1 Å². The first-order chi connectivity index (χ1) is 17.2. The summed E-state index contributed by atoms with van der Waals surface area (Å²) in [6.07, 6.45) is 4.66. The number of carbonyl (C=O) groups is 1. The number of ether oxygens (including phenoxy) is 2. The number of aromatic amines is 1. The summed E-state index contributed by atoms with van der Waals surface area (Å²) >= 11 is 0. The van der Waals surface area contributed by atoms with Crippen LogP contribution in [-0.2, 0) is 6.42 Å². The normalized spacial score (nSPS) is 11.1. The topological polar surface area (TPSA) is 51.3 Å². The Kier molecular flexibility index (Phi) is 6.80. The van der Waals surface area contributed by atoms with Crippen molar-refractivity contribution >= 4 is 27.5 Å². The smallest absolute Gasteiger partial charge is 0.193 e. The third-order valence-corrected chi connectivity index (χ3v) is 6.23. The number of nitrogens with one attached hydrogen (secondary N) is 1. The van der Waals surface area contributed by atoms with Crippen LogP contribution in [0.25, 0.3) is 21.7 Å². The number of aryl methyl sites for hydroxylation is 1. The van der Waals surface area contributed by atoms with E-state index in [4.69, 9.17) is 9.47 Å². The van der Waals surface area contributed by atoms with Gasteiger partial charge in [-0.25, -0.2) is 0 Å². The molecule has 0 radical (unpaired) electrons. The van der Waals surface area contributed by atoms with Gasteiger partial charge in [-0.05, 0) is 53.6 Å². The molecule has 5 rings (SSSR count). The van der Waals surface area contributed by atoms with Crippen LogP contribution in [0.3, 0.4) is 0 Å². The highest BCUT2D eigenvalue weighted by atomic mass is 16.5. The Morgan fingerprint density at radius 3 is 2.51 bits per heavy atom. The van der Waals surface area contributed by atoms with E-state index >= 15 is 0 Å². The number of carbonyl (C=O) groups excluding carboxylic acids is 1. The minimum absolute atomic E-state index is 0.0422. The maximum Gasteiger partial charge on any atom is 0.193 e. The first kappa shape index (κ1) is 22.7. The Hall–Kier alpha value is -4.05. The van der Waals surface area contributed by atoms with Gasteiger partial charge in [0.2, 0.25) is 0 Å². The molecule has 0 bridgehead atoms. The van der Waals surface area contributed by atoms with Crippen LogP contribution in [-0.4, -0.2) is 24.0 Å². The highest BCUT2D eigenvalue weighted by Crippen LogP contribution is 2.31. The third-order valence-electron chi connectivity index (χ3n) is 6.23. The van der Waals surface area contributed by atoms with Crippen LogP contribution in [0, 0.1) is 0 Å². The summed E-state index contributed by atoms with van der Waals surface area (Å²) in [6, 6.07) is 27.6. The maximum absolute atomic E-state index is 12.9. The van der Waals surface area contributed by atoms with Gasteiger partial charge in [0.15, 0.2) is 5.78 Å². The fourth-order valence-corrected chi connectivity index (χ4v) is 4.47. The van der Waals surface area contributed by atoms with E-state index in [1.165, 1.54) is 5.56 Å². The van der Waals surface area contributed by atoms with E-state index < -0.39 is 0 Å². The molecule has 0 spiro atoms. The summed E-state index contributed by atoms with van der Waals surface area (Å²) < 4.78 is 12.1. The van der Waals surface area contributed by atoms with Crippen molar-refractivity contribution in [2.24, 2.45) is 0 Å². The monoisotopic (exact) mass is 463 g/mol. The summed E-state index contributed by atoms with van der Waals surface area (Å²) in [6.45, 7) is 3.35. The fraction of sp³-hybridized carbons (Fsp3) is 0.194. The van der Waals surface area contributed by atoms with Crippen LogP contribution in [0.2, 0.25) is 0 Å². The van der Waals surface area contributed by atoms with Crippen molar-refractivity contribution in [1.29, 1.82) is 0 Å². The third kappa shape index (κ3) is 5.07. The van der Waals surface area contributed by atoms with Gasteiger partial charge >= 0.3 is 0 Å². The number of H-pyrrole nitrogens is 1. The van der Waals surface area contributed by atoms with Crippen molar-refractivity contribution in [2.75, 3.05) is 13.2 Å². The van der Waals surface area contributed by atoms with Gasteiger partial charge in [-0.15, -0.1) is 0 Å². The van der Waals surface area contributed by atoms with Gasteiger partial charge in [0, 0.05) is 40.2 Å². The van der Waals surface area contributed by atoms with Gasteiger partial charge in [0.1, 0.15) is 11.5 Å². The summed E-state index contributed by atoms with van der Waals surface area (Å²) in [4.78, 5) is 16.1. The molecular weight excluding hydrogens is 434 g/mol. The molecule has 0 aliphatic heterocycles. The molecule has 4 heteroatoms. The van der Waals surface area contributed by atoms with E-state index in [-0.39, 0.29) is 5.78 Å². The van der Waals surface area contributed by atoms with Crippen molar-refractivity contribution in [1.82, 2.24) is 4.98 Å². The fourth-order valence-electron chi connectivity index (χ4n) is 4.47. The predicted octanol–water partition coefficient (Wildman–Crippen LogP) is 7.35. The minimum atomic E-state index is 0.0422. The van der Waals surface area contributed by atoms with Crippen molar-refractivity contribution in [2.45, 2.75) is 26.2 Å². The Labute approximate surface area is 205 Å². The van der Waals surface area contributed by atoms with Gasteiger partial charge in [0.05, 0.1) is 13.2 Å². The number of fused-ring (bicyclic) bond motifs is 2. The second-order valence-corrected chi connectivity index (χ2v) is 8.70. The molecule has 4 nitrogen and oxygen atoms in total. The van der Waals surface area contributed by atoms with E-state index in [9.17, 15) is 4.79 Å². The zero-order chi connectivity index (χ0) is 24.0. The van der Waals surface area contributed by atoms with E-state index in [0.717, 1.165) is 52.4 Å². The first-order valence-electron chi connectivity index (χ1n) is 12.2. The number of hydrogen-bond donors (Lipinski definition) is 1. The molecule has 35 heavy (non-hydrogen) atoms. The number of ketones is 1. The van der Waals surface area contributed by atoms with Gasteiger partial charge < -0.3 is 14.5 Å². The van der Waals surface area contributed by atoms with Crippen molar-refractivity contribution in [3.8, 4) is 11.5 Å². The molecule has 1 N–H and O–H groups in total. The zero-order valence-corrected chi connectivity index (χ0v) is 19.9. The predicted molar refractivity (Wildman–Crippen MR) is 142 cm³/mol. The molecule has 0 fully saturated rings. The number of hydrogen-bond acceptors (Lipinski definition) is 3. The standard InChI is InChI=1S/C31H29NO3/c1-2-7-28-27-13-10-25(31(33)22-8-4-3-5-9-22)20-23(27)11-15-30(28)35-19-6-18-34-26-12-14-29-24(21-26)16-17-32-29/h3-5,8-17,20-21,32H,2,6-7,18-19H2,1H3. The van der Waals surface area contributed by atoms with Crippen LogP contribution < -0.4 is 9.47 Å². The molecule has 0 saturated carbocycles. The lowest BCUT2D eigenvalue weighted by Crippen LogP contribution is -2.06. The summed E-state index contributed by atoms with van der Waals surface area (Å²) in [5.74, 6) is 1.83. The second-order valence-electron chi connectivity index (χ2n) is 8.70. The maximum atomic E-state index is 12.9. The quantitative estimate of drug-likeness (QED) is 0.174. The Bertz CT molecular complexity index is 1450. The molecule has 0 unspecified atom stereocenters. The van der Waals surface area contributed by atoms with Crippen LogP contribution in [0.4, 0.5) is 0 Å². The minimum Gasteiger partial charge on any atom is -0.493 e. The molecule has 1 aromatic heterocycles. The van der Waals surface area contributed by atoms with Crippen molar-refractivity contribution in [3.05, 3.63) is 108 Å². The van der Waals surface area contributed by atoms with E-state index in [2.05, 4.69) is 18.0 Å². The molecular formula is C31H29NO3. The highest BCUT2D eigenvalue weighted by Gasteiger charge is 2.13. The number of aromatic nitrogens is 1. The summed E-state index contributed by atoms with van der Waals surface area (Å²) in [7, 11) is 0. The highest BCUT2D eigenvalue weighted by molar-refractivity contribution is 6.10. The summed E-state index contributed by atoms with van der Waals surface area (Å²) in [5.41, 5.74) is 3.71. The van der Waals surface area contributed by atoms with Crippen LogP contribution in [0.1, 0.15) is 41.3 Å². The van der Waals surface area contributed by atoms with Gasteiger partial charge in [0.25, 0.3) is 0 Å². The van der Waals surface area contributed by atoms with Crippen LogP contribution in [0.15, 0.2) is 91.1 Å². The number of rotatable bonds is 10. The average molecular weight is 464 g/mol. The molecule has 0 atom stereocenters. The van der Waals surface area contributed by atoms with Gasteiger partial charge in [-0.1, -0.05) is 61.9 Å². The lowest BCUT2D eigenvalue weighted by Gasteiger charge is -2.15. The van der Waals surface area contributed by atoms with Crippen LogP contribution in [0.5, 0.6) is 11.5 Å². The molecule has 176 valence electrons. The Morgan fingerprint density at radius 1 is 0.800 bits per heavy atom. The van der Waals surface area contributed by atoms with Gasteiger partial charge in [-0.3, -0.25) is 4.79 Å². The SMILES string of the molecule is CCCc1c(OCCCOc2ccc3[nH]ccc3c2)ccc2cc(C(=O)c3ccccc3)ccc12. The van der Waals surface area contributed by atoms with E-state index in [0.29, 0.717) is 24.3 Å². The average Bonchev–Trinajstić information content (AvgIpc) is 3.37. The lowest BCUT2D eigenvalue weighted by molar-refractivity contribution is 0.103. The molecule has 4 aromatic carbocycles. The number of benzene rings is 4. The summed E-state index contributed by atoms with van der Waals surface area (Å²) in [5, 5.41) is 3.35. The molecule has 0 aliphatic carbocycles. The Balaban J connectivity index is 1.25. The largest absolute Gasteiger partial charge is 0.493 e. The molecule has 0 aliphatic rings. The molecule has 0 amide bonds. The van der Waals surface area contributed by atoms with Gasteiger partial charge in [-0.2, -0.15) is 0 Å². The van der Waals surface area contributed by atoms with Crippen molar-refractivity contribution in [3.63, 3.8) is 0 Å². The second kappa shape index (κ2) is 10.5. The lowest BCUT2D eigenvalue weighted by atomic mass is 9.95.